The van der Waals surface area contributed by atoms with Crippen molar-refractivity contribution >= 4 is 5.97 Å². The van der Waals surface area contributed by atoms with Crippen LogP contribution >= 0.6 is 0 Å². The summed E-state index contributed by atoms with van der Waals surface area (Å²) in [6, 6.07) is 0. The molecule has 0 aromatic carbocycles. The van der Waals surface area contributed by atoms with Crippen LogP contribution in [-0.2, 0) is 19.0 Å². The van der Waals surface area contributed by atoms with Gasteiger partial charge in [-0.05, 0) is 19.8 Å². The quantitative estimate of drug-likeness (QED) is 0.438. The monoisotopic (exact) mass is 324 g/mol. The number of esters is 1. The molecule has 7 atom stereocenters. The van der Waals surface area contributed by atoms with Crippen molar-refractivity contribution in [2.45, 2.75) is 63.6 Å². The van der Waals surface area contributed by atoms with E-state index in [0.29, 0.717) is 6.61 Å². The molecule has 2 heterocycles. The largest absolute Gasteiger partial charge is 0.459 e. The van der Waals surface area contributed by atoms with E-state index in [9.17, 15) is 15.0 Å². The topological polar surface area (TPSA) is 88.5 Å². The van der Waals surface area contributed by atoms with Crippen LogP contribution in [0.3, 0.4) is 0 Å². The fraction of sp³-hybridized carbons (Fsp3) is 0.824. The molecule has 128 valence electrons. The van der Waals surface area contributed by atoms with Crippen molar-refractivity contribution in [3.05, 3.63) is 11.6 Å². The summed E-state index contributed by atoms with van der Waals surface area (Å²) in [6.45, 7) is 5.73. The Kier molecular flexibility index (Phi) is 3.09. The van der Waals surface area contributed by atoms with Crippen LogP contribution in [-0.4, -0.2) is 59.4 Å². The van der Waals surface area contributed by atoms with Gasteiger partial charge in [0.2, 0.25) is 0 Å². The Labute approximate surface area is 135 Å². The fourth-order valence-electron chi connectivity index (χ4n) is 5.40. The molecule has 4 rings (SSSR count). The fourth-order valence-corrected chi connectivity index (χ4v) is 5.40. The zero-order chi connectivity index (χ0) is 16.6. The van der Waals surface area contributed by atoms with E-state index in [0.717, 1.165) is 12.8 Å². The summed E-state index contributed by atoms with van der Waals surface area (Å²) < 4.78 is 17.6. The van der Waals surface area contributed by atoms with E-state index in [2.05, 4.69) is 0 Å². The van der Waals surface area contributed by atoms with Gasteiger partial charge in [-0.25, -0.2) is 0 Å². The molecular formula is C17H24O6. The number of hydrogen-bond acceptors (Lipinski definition) is 6. The molecule has 2 aliphatic carbocycles. The summed E-state index contributed by atoms with van der Waals surface area (Å²) in [7, 11) is 0. The number of allylic oxidation sites excluding steroid dienone is 1. The van der Waals surface area contributed by atoms with E-state index in [-0.39, 0.29) is 12.7 Å². The minimum Gasteiger partial charge on any atom is -0.459 e. The van der Waals surface area contributed by atoms with Gasteiger partial charge < -0.3 is 24.4 Å². The molecule has 6 nitrogen and oxygen atoms in total. The Morgan fingerprint density at radius 1 is 1.52 bits per heavy atom. The highest BCUT2D eigenvalue weighted by Gasteiger charge is 2.85. The first-order valence-electron chi connectivity index (χ1n) is 8.25. The standard InChI is InChI=1S/C17H24O6/c1-9-4-5-16(7-18)11(6-9)23-14-12(20)13(22-10(2)19)15(16,3)17(14)8-21-17/h6,11-14,18,20H,4-5,7-8H2,1-3H3/t11-,12-,13-,14-,15-,16-,17-/m1/s1. The Balaban J connectivity index is 1.88. The molecule has 0 radical (unpaired) electrons. The first-order valence-corrected chi connectivity index (χ1v) is 8.25. The Morgan fingerprint density at radius 3 is 2.78 bits per heavy atom. The lowest BCUT2D eigenvalue weighted by molar-refractivity contribution is -0.229. The lowest BCUT2D eigenvalue weighted by atomic mass is 9.51. The zero-order valence-corrected chi connectivity index (χ0v) is 13.7. The second kappa shape index (κ2) is 4.57. The molecule has 2 aliphatic heterocycles. The van der Waals surface area contributed by atoms with E-state index in [4.69, 9.17) is 14.2 Å². The first kappa shape index (κ1) is 15.6. The molecule has 2 saturated heterocycles. The average Bonchev–Trinajstić information content (AvgIpc) is 3.28. The molecule has 1 spiro atoms. The van der Waals surface area contributed by atoms with Gasteiger partial charge in [-0.2, -0.15) is 0 Å². The van der Waals surface area contributed by atoms with Gasteiger partial charge in [0.05, 0.1) is 24.7 Å². The van der Waals surface area contributed by atoms with Crippen LogP contribution in [0.4, 0.5) is 0 Å². The first-order chi connectivity index (χ1) is 10.8. The average molecular weight is 324 g/mol. The van der Waals surface area contributed by atoms with E-state index < -0.39 is 40.7 Å². The van der Waals surface area contributed by atoms with E-state index in [1.807, 2.05) is 19.9 Å². The summed E-state index contributed by atoms with van der Waals surface area (Å²) in [6.07, 6.45) is 1.08. The summed E-state index contributed by atoms with van der Waals surface area (Å²) in [5, 5.41) is 21.1. The number of aliphatic hydroxyl groups is 2. The molecule has 4 aliphatic rings. The van der Waals surface area contributed by atoms with Gasteiger partial charge in [-0.15, -0.1) is 0 Å². The predicted molar refractivity (Wildman–Crippen MR) is 79.5 cm³/mol. The molecule has 2 bridgehead atoms. The van der Waals surface area contributed by atoms with Crippen molar-refractivity contribution in [1.82, 2.24) is 0 Å². The molecular weight excluding hydrogens is 300 g/mol. The van der Waals surface area contributed by atoms with E-state index >= 15 is 0 Å². The highest BCUT2D eigenvalue weighted by Crippen LogP contribution is 2.71. The van der Waals surface area contributed by atoms with Crippen molar-refractivity contribution in [3.63, 3.8) is 0 Å². The third-order valence-corrected chi connectivity index (χ3v) is 6.83. The number of carbonyl (C=O) groups excluding carboxylic acids is 1. The molecule has 0 amide bonds. The van der Waals surface area contributed by atoms with E-state index in [1.165, 1.54) is 12.5 Å². The highest BCUT2D eigenvalue weighted by molar-refractivity contribution is 5.66. The predicted octanol–water partition coefficient (Wildman–Crippen LogP) is 0.554. The third-order valence-electron chi connectivity index (χ3n) is 6.83. The summed E-state index contributed by atoms with van der Waals surface area (Å²) in [5.74, 6) is -0.439. The van der Waals surface area contributed by atoms with Crippen LogP contribution in [0.2, 0.25) is 0 Å². The lowest BCUT2D eigenvalue weighted by Crippen LogP contribution is -2.66. The van der Waals surface area contributed by atoms with Gasteiger partial charge >= 0.3 is 5.97 Å². The molecule has 1 saturated carbocycles. The lowest BCUT2D eigenvalue weighted by Gasteiger charge is -2.57. The number of carbonyl (C=O) groups is 1. The van der Waals surface area contributed by atoms with Gasteiger partial charge in [0, 0.05) is 12.3 Å². The number of fused-ring (bicyclic) bond motifs is 2. The number of epoxide rings is 1. The molecule has 2 N–H and O–H groups in total. The second-order valence-electron chi connectivity index (χ2n) is 7.71. The maximum Gasteiger partial charge on any atom is 0.303 e. The normalized spacial score (nSPS) is 53.7. The van der Waals surface area contributed by atoms with E-state index in [1.54, 1.807) is 0 Å². The molecule has 0 aromatic heterocycles. The van der Waals surface area contributed by atoms with Gasteiger partial charge in [-0.1, -0.05) is 18.6 Å². The zero-order valence-electron chi connectivity index (χ0n) is 13.7. The number of aliphatic hydroxyl groups excluding tert-OH is 2. The summed E-state index contributed by atoms with van der Waals surface area (Å²) in [4.78, 5) is 11.6. The third kappa shape index (κ3) is 1.60. The van der Waals surface area contributed by atoms with Crippen LogP contribution < -0.4 is 0 Å². The molecule has 6 heteroatoms. The van der Waals surface area contributed by atoms with Crippen molar-refractivity contribution in [1.29, 1.82) is 0 Å². The van der Waals surface area contributed by atoms with Crippen LogP contribution in [0.1, 0.15) is 33.6 Å². The van der Waals surface area contributed by atoms with Crippen molar-refractivity contribution in [2.24, 2.45) is 10.8 Å². The SMILES string of the molecule is CC(=O)O[C@@H]1[C@@H](O)[C@H]2O[C@@H]3C=C(C)CC[C@]3(CO)[C@]1(C)[C@@]21CO1. The highest BCUT2D eigenvalue weighted by atomic mass is 16.7. The number of ether oxygens (including phenoxy) is 3. The molecule has 0 aromatic rings. The summed E-state index contributed by atoms with van der Waals surface area (Å²) >= 11 is 0. The van der Waals surface area contributed by atoms with Crippen LogP contribution in [0, 0.1) is 10.8 Å². The summed E-state index contributed by atoms with van der Waals surface area (Å²) in [5.41, 5.74) is -0.777. The van der Waals surface area contributed by atoms with Crippen molar-refractivity contribution in [2.75, 3.05) is 13.2 Å². The Hall–Kier alpha value is -0.950. The Bertz CT molecular complexity index is 582. The molecule has 0 unspecified atom stereocenters. The number of rotatable bonds is 2. The van der Waals surface area contributed by atoms with Crippen molar-refractivity contribution < 1.29 is 29.2 Å². The van der Waals surface area contributed by atoms with Gasteiger partial charge in [0.15, 0.2) is 0 Å². The maximum absolute atomic E-state index is 11.6. The second-order valence-corrected chi connectivity index (χ2v) is 7.71. The number of hydrogen-bond donors (Lipinski definition) is 2. The van der Waals surface area contributed by atoms with Crippen molar-refractivity contribution in [3.8, 4) is 0 Å². The van der Waals surface area contributed by atoms with Gasteiger partial charge in [-0.3, -0.25) is 4.79 Å². The minimum atomic E-state index is -0.950. The maximum atomic E-state index is 11.6. The van der Waals surface area contributed by atoms with Crippen LogP contribution in [0.15, 0.2) is 11.6 Å². The molecule has 23 heavy (non-hydrogen) atoms. The minimum absolute atomic E-state index is 0.0970. The van der Waals surface area contributed by atoms with Gasteiger partial charge in [0.1, 0.15) is 23.9 Å². The molecule has 3 fully saturated rings. The van der Waals surface area contributed by atoms with Crippen LogP contribution in [0.5, 0.6) is 0 Å². The van der Waals surface area contributed by atoms with Gasteiger partial charge in [0.25, 0.3) is 0 Å². The van der Waals surface area contributed by atoms with Crippen LogP contribution in [0.25, 0.3) is 0 Å². The Morgan fingerprint density at radius 2 is 2.22 bits per heavy atom. The smallest absolute Gasteiger partial charge is 0.303 e.